The molecule has 3 amide bonds. The van der Waals surface area contributed by atoms with Crippen LogP contribution in [-0.4, -0.2) is 41.9 Å². The lowest BCUT2D eigenvalue weighted by atomic mass is 10.7. The molecule has 0 bridgehead atoms. The van der Waals surface area contributed by atoms with Crippen molar-refractivity contribution in [1.29, 1.82) is 0 Å². The summed E-state index contributed by atoms with van der Waals surface area (Å²) < 4.78 is 0. The molecule has 6 heteroatoms. The molecule has 6 nitrogen and oxygen atoms in total. The first-order valence-corrected chi connectivity index (χ1v) is 3.00. The molecule has 0 aromatic heterocycles. The van der Waals surface area contributed by atoms with Crippen LogP contribution in [0.4, 0.5) is 4.79 Å². The minimum absolute atomic E-state index is 0.124. The summed E-state index contributed by atoms with van der Waals surface area (Å²) >= 11 is 0. The lowest BCUT2D eigenvalue weighted by Crippen LogP contribution is -2.22. The third kappa shape index (κ3) is 5.31. The van der Waals surface area contributed by atoms with E-state index in [9.17, 15) is 9.59 Å². The first kappa shape index (κ1) is 9.86. The molecule has 1 fully saturated rings. The van der Waals surface area contributed by atoms with Crippen molar-refractivity contribution in [2.75, 3.05) is 19.8 Å². The van der Waals surface area contributed by atoms with Gasteiger partial charge in [-0.3, -0.25) is 10.1 Å². The Morgan fingerprint density at radius 1 is 1.27 bits per heavy atom. The molecular weight excluding hydrogens is 152 g/mol. The lowest BCUT2D eigenvalue weighted by molar-refractivity contribution is -0.117. The quantitative estimate of drug-likeness (QED) is 0.329. The number of urea groups is 1. The van der Waals surface area contributed by atoms with Crippen molar-refractivity contribution in [3.63, 3.8) is 0 Å². The average Bonchev–Trinajstić information content (AvgIpc) is 2.35. The van der Waals surface area contributed by atoms with Gasteiger partial charge >= 0.3 is 6.03 Å². The molecule has 0 unspecified atom stereocenters. The number of imide groups is 1. The topological polar surface area (TPSA) is 98.7 Å². The Bertz CT molecular complexity index is 131. The molecule has 0 spiro atoms. The predicted octanol–water partition coefficient (Wildman–Crippen LogP) is -2.20. The fraction of sp³-hybridized carbons (Fsp3) is 0.600. The number of amides is 3. The number of hydrogen-bond acceptors (Lipinski definition) is 4. The van der Waals surface area contributed by atoms with Crippen LogP contribution in [0.5, 0.6) is 0 Å². The van der Waals surface area contributed by atoms with E-state index in [0.29, 0.717) is 0 Å². The zero-order chi connectivity index (χ0) is 8.69. The molecule has 1 aliphatic heterocycles. The van der Waals surface area contributed by atoms with E-state index in [1.165, 1.54) is 0 Å². The maximum Gasteiger partial charge on any atom is 0.321 e. The first-order valence-electron chi connectivity index (χ1n) is 3.00. The number of carbonyl (C=O) groups is 2. The molecule has 0 aliphatic carbocycles. The maximum atomic E-state index is 10.1. The Morgan fingerprint density at radius 2 is 1.82 bits per heavy atom. The minimum atomic E-state index is -0.398. The van der Waals surface area contributed by atoms with Gasteiger partial charge in [0.1, 0.15) is 0 Å². The number of carbonyl (C=O) groups excluding carboxylic acids is 2. The van der Waals surface area contributed by atoms with E-state index in [-0.39, 0.29) is 25.7 Å². The third-order valence-corrected chi connectivity index (χ3v) is 0.762. The van der Waals surface area contributed by atoms with Gasteiger partial charge in [-0.05, 0) is 0 Å². The summed E-state index contributed by atoms with van der Waals surface area (Å²) in [5.74, 6) is -0.259. The maximum absolute atomic E-state index is 10.1. The van der Waals surface area contributed by atoms with Crippen molar-refractivity contribution in [2.24, 2.45) is 0 Å². The Hall–Kier alpha value is -1.14. The van der Waals surface area contributed by atoms with Crippen molar-refractivity contribution in [3.05, 3.63) is 0 Å². The second-order valence-corrected chi connectivity index (χ2v) is 1.68. The molecule has 64 valence electrons. The molecule has 1 saturated heterocycles. The fourth-order valence-corrected chi connectivity index (χ4v) is 0.376. The molecule has 0 aromatic rings. The van der Waals surface area contributed by atoms with E-state index in [1.54, 1.807) is 0 Å². The van der Waals surface area contributed by atoms with Gasteiger partial charge in [-0.2, -0.15) is 0 Å². The zero-order valence-corrected chi connectivity index (χ0v) is 5.83. The summed E-state index contributed by atoms with van der Waals surface area (Å²) in [6, 6.07) is -0.398. The zero-order valence-electron chi connectivity index (χ0n) is 5.83. The van der Waals surface area contributed by atoms with Gasteiger partial charge in [-0.15, -0.1) is 0 Å². The van der Waals surface area contributed by atoms with E-state index in [0.717, 1.165) is 0 Å². The van der Waals surface area contributed by atoms with E-state index in [2.05, 4.69) is 5.32 Å². The van der Waals surface area contributed by atoms with E-state index in [1.807, 2.05) is 5.32 Å². The van der Waals surface area contributed by atoms with Crippen molar-refractivity contribution >= 4 is 11.9 Å². The normalized spacial score (nSPS) is 14.7. The van der Waals surface area contributed by atoms with Crippen molar-refractivity contribution in [1.82, 2.24) is 10.6 Å². The monoisotopic (exact) mass is 162 g/mol. The molecule has 1 aliphatic rings. The van der Waals surface area contributed by atoms with Crippen LogP contribution in [-0.2, 0) is 4.79 Å². The van der Waals surface area contributed by atoms with Crippen LogP contribution in [0.15, 0.2) is 0 Å². The minimum Gasteiger partial charge on any atom is -0.394 e. The summed E-state index contributed by atoms with van der Waals surface area (Å²) in [6.07, 6.45) is 0. The molecular formula is C5H10N2O4. The number of nitrogens with one attached hydrogen (secondary N) is 2. The SMILES string of the molecule is O=C1CNC(=O)N1.OCCO. The van der Waals surface area contributed by atoms with E-state index in [4.69, 9.17) is 10.2 Å². The van der Waals surface area contributed by atoms with Gasteiger partial charge in [0.15, 0.2) is 0 Å². The standard InChI is InChI=1S/C3H4N2O2.C2H6O2/c6-2-1-4-3(7)5-2;3-1-2-4/h1H2,(H2,4,5,6,7);3-4H,1-2H2. The highest BCUT2D eigenvalue weighted by atomic mass is 16.3. The van der Waals surface area contributed by atoms with Crippen LogP contribution in [0.2, 0.25) is 0 Å². The molecule has 1 heterocycles. The summed E-state index contributed by atoms with van der Waals surface area (Å²) in [5.41, 5.74) is 0. The van der Waals surface area contributed by atoms with E-state index < -0.39 is 6.03 Å². The van der Waals surface area contributed by atoms with Crippen LogP contribution in [0.1, 0.15) is 0 Å². The number of aliphatic hydroxyl groups is 2. The average molecular weight is 162 g/mol. The van der Waals surface area contributed by atoms with Gasteiger partial charge in [-0.1, -0.05) is 0 Å². The Morgan fingerprint density at radius 3 is 1.91 bits per heavy atom. The lowest BCUT2D eigenvalue weighted by Gasteiger charge is -1.78. The summed E-state index contributed by atoms with van der Waals surface area (Å²) in [6.45, 7) is -0.126. The third-order valence-electron chi connectivity index (χ3n) is 0.762. The van der Waals surface area contributed by atoms with Crippen LogP contribution in [0.25, 0.3) is 0 Å². The van der Waals surface area contributed by atoms with E-state index >= 15 is 0 Å². The summed E-state index contributed by atoms with van der Waals surface area (Å²) in [5, 5.41) is 19.5. The second-order valence-electron chi connectivity index (χ2n) is 1.68. The molecule has 0 saturated carbocycles. The van der Waals surface area contributed by atoms with Gasteiger partial charge < -0.3 is 15.5 Å². The first-order chi connectivity index (χ1) is 5.20. The highest BCUT2D eigenvalue weighted by molar-refractivity contribution is 6.01. The highest BCUT2D eigenvalue weighted by Crippen LogP contribution is 1.73. The van der Waals surface area contributed by atoms with Crippen LogP contribution < -0.4 is 10.6 Å². The molecule has 0 radical (unpaired) electrons. The Kier molecular flexibility index (Phi) is 5.05. The smallest absolute Gasteiger partial charge is 0.321 e. The van der Waals surface area contributed by atoms with Gasteiger partial charge in [0, 0.05) is 0 Å². The largest absolute Gasteiger partial charge is 0.394 e. The molecule has 4 N–H and O–H groups in total. The molecule has 0 atom stereocenters. The highest BCUT2D eigenvalue weighted by Gasteiger charge is 2.14. The van der Waals surface area contributed by atoms with Gasteiger partial charge in [0.05, 0.1) is 19.8 Å². The van der Waals surface area contributed by atoms with Gasteiger partial charge in [-0.25, -0.2) is 4.79 Å². The molecule has 0 aromatic carbocycles. The predicted molar refractivity (Wildman–Crippen MR) is 35.7 cm³/mol. The van der Waals surface area contributed by atoms with Crippen LogP contribution in [0.3, 0.4) is 0 Å². The van der Waals surface area contributed by atoms with Crippen LogP contribution in [0, 0.1) is 0 Å². The van der Waals surface area contributed by atoms with Crippen molar-refractivity contribution in [2.45, 2.75) is 0 Å². The number of rotatable bonds is 1. The Balaban J connectivity index is 0.000000218. The van der Waals surface area contributed by atoms with Crippen molar-refractivity contribution in [3.8, 4) is 0 Å². The summed E-state index contributed by atoms with van der Waals surface area (Å²) in [7, 11) is 0. The van der Waals surface area contributed by atoms with Gasteiger partial charge in [0.2, 0.25) is 5.91 Å². The summed E-state index contributed by atoms with van der Waals surface area (Å²) in [4.78, 5) is 20.1. The Labute approximate surface area is 63.2 Å². The van der Waals surface area contributed by atoms with Crippen molar-refractivity contribution < 1.29 is 19.8 Å². The fourth-order valence-electron chi connectivity index (χ4n) is 0.376. The number of aliphatic hydroxyl groups excluding tert-OH is 2. The van der Waals surface area contributed by atoms with Gasteiger partial charge in [0.25, 0.3) is 0 Å². The second kappa shape index (κ2) is 5.63. The molecule has 11 heavy (non-hydrogen) atoms. The molecule has 1 rings (SSSR count). The van der Waals surface area contributed by atoms with Crippen LogP contribution >= 0.6 is 0 Å². The number of hydrogen-bond donors (Lipinski definition) is 4.